The van der Waals surface area contributed by atoms with E-state index >= 15 is 0 Å². The first-order valence-electron chi connectivity index (χ1n) is 6.38. The Morgan fingerprint density at radius 1 is 1.22 bits per heavy atom. The third-order valence-corrected chi connectivity index (χ3v) is 2.99. The number of aromatic nitrogens is 4. The zero-order valence-electron chi connectivity index (χ0n) is 11.3. The molecule has 0 fully saturated rings. The van der Waals surface area contributed by atoms with Crippen LogP contribution in [0.1, 0.15) is 23.7 Å². The smallest absolute Gasteiger partial charge is 0.0666 e. The largest absolute Gasteiger partial charge is 0.312 e. The molecule has 0 saturated carbocycles. The predicted molar refractivity (Wildman–Crippen MR) is 71.2 cm³/mol. The minimum Gasteiger partial charge on any atom is -0.312 e. The van der Waals surface area contributed by atoms with Crippen LogP contribution in [-0.4, -0.2) is 26.1 Å². The lowest BCUT2D eigenvalue weighted by molar-refractivity contribution is 0.682. The van der Waals surface area contributed by atoms with Gasteiger partial charge in [-0.3, -0.25) is 9.36 Å². The van der Waals surface area contributed by atoms with Crippen LogP contribution in [0.5, 0.6) is 0 Å². The zero-order valence-corrected chi connectivity index (χ0v) is 11.3. The monoisotopic (exact) mass is 247 g/mol. The maximum atomic E-state index is 4.43. The molecule has 0 atom stereocenters. The summed E-state index contributed by atoms with van der Waals surface area (Å²) in [6, 6.07) is 0. The van der Waals surface area contributed by atoms with E-state index in [0.717, 1.165) is 25.9 Å². The van der Waals surface area contributed by atoms with Crippen LogP contribution < -0.4 is 5.32 Å². The van der Waals surface area contributed by atoms with Crippen LogP contribution in [0.4, 0.5) is 0 Å². The quantitative estimate of drug-likeness (QED) is 0.776. The maximum Gasteiger partial charge on any atom is 0.0666 e. The highest BCUT2D eigenvalue weighted by atomic mass is 15.3. The molecule has 1 N–H and O–H groups in total. The predicted octanol–water partition coefficient (Wildman–Crippen LogP) is 1.05. The van der Waals surface area contributed by atoms with Crippen molar-refractivity contribution in [1.82, 2.24) is 24.9 Å². The summed E-state index contributed by atoms with van der Waals surface area (Å²) in [4.78, 5) is 0. The third-order valence-electron chi connectivity index (χ3n) is 2.99. The van der Waals surface area contributed by atoms with Crippen LogP contribution in [-0.2, 0) is 33.5 Å². The fraction of sp³-hybridized carbons (Fsp3) is 0.538. The fourth-order valence-electron chi connectivity index (χ4n) is 2.09. The molecule has 0 aliphatic carbocycles. The van der Waals surface area contributed by atoms with Gasteiger partial charge in [0, 0.05) is 38.6 Å². The molecule has 5 heteroatoms. The summed E-state index contributed by atoms with van der Waals surface area (Å²) in [5.74, 6) is 0. The molecule has 2 aromatic heterocycles. The minimum absolute atomic E-state index is 0.886. The number of hydrogen-bond acceptors (Lipinski definition) is 3. The molecule has 0 spiro atoms. The maximum absolute atomic E-state index is 4.43. The van der Waals surface area contributed by atoms with Crippen LogP contribution in [0.3, 0.4) is 0 Å². The van der Waals surface area contributed by atoms with E-state index in [1.54, 1.807) is 0 Å². The van der Waals surface area contributed by atoms with Crippen LogP contribution in [0.2, 0.25) is 0 Å². The van der Waals surface area contributed by atoms with E-state index in [4.69, 9.17) is 0 Å². The number of nitrogens with zero attached hydrogens (tertiary/aromatic N) is 4. The Morgan fingerprint density at radius 2 is 2.06 bits per heavy atom. The van der Waals surface area contributed by atoms with Gasteiger partial charge in [0.25, 0.3) is 0 Å². The van der Waals surface area contributed by atoms with E-state index in [0.29, 0.717) is 0 Å². The molecule has 98 valence electrons. The van der Waals surface area contributed by atoms with E-state index in [-0.39, 0.29) is 0 Å². The van der Waals surface area contributed by atoms with E-state index in [1.807, 2.05) is 29.7 Å². The minimum atomic E-state index is 0.886. The summed E-state index contributed by atoms with van der Waals surface area (Å²) in [6.07, 6.45) is 8.07. The molecule has 0 aromatic carbocycles. The molecule has 2 rings (SSSR count). The molecule has 0 aliphatic rings. The summed E-state index contributed by atoms with van der Waals surface area (Å²) in [5, 5.41) is 12.0. The van der Waals surface area contributed by atoms with Gasteiger partial charge >= 0.3 is 0 Å². The van der Waals surface area contributed by atoms with Crippen molar-refractivity contribution < 1.29 is 0 Å². The highest BCUT2D eigenvalue weighted by Crippen LogP contribution is 2.06. The molecule has 2 aromatic rings. The van der Waals surface area contributed by atoms with Crippen molar-refractivity contribution in [3.63, 3.8) is 0 Å². The van der Waals surface area contributed by atoms with Gasteiger partial charge in [0.15, 0.2) is 0 Å². The molecule has 0 unspecified atom stereocenters. The third kappa shape index (κ3) is 3.20. The normalized spacial score (nSPS) is 11.1. The molecule has 0 bridgehead atoms. The molecule has 5 nitrogen and oxygen atoms in total. The number of aryl methyl sites for hydroxylation is 3. The van der Waals surface area contributed by atoms with Gasteiger partial charge in [0.1, 0.15) is 0 Å². The van der Waals surface area contributed by atoms with E-state index in [9.17, 15) is 0 Å². The van der Waals surface area contributed by atoms with Crippen molar-refractivity contribution in [2.45, 2.75) is 26.3 Å². The Balaban J connectivity index is 1.78. The Labute approximate surface area is 108 Å². The van der Waals surface area contributed by atoms with Crippen molar-refractivity contribution in [1.29, 1.82) is 0 Å². The molecule has 0 saturated heterocycles. The van der Waals surface area contributed by atoms with E-state index in [2.05, 4.69) is 34.8 Å². The van der Waals surface area contributed by atoms with Crippen LogP contribution in [0.25, 0.3) is 0 Å². The van der Waals surface area contributed by atoms with Crippen molar-refractivity contribution in [3.05, 3.63) is 35.4 Å². The molecular formula is C13H21N5. The van der Waals surface area contributed by atoms with E-state index < -0.39 is 0 Å². The van der Waals surface area contributed by atoms with Crippen molar-refractivity contribution in [3.8, 4) is 0 Å². The highest BCUT2D eigenvalue weighted by molar-refractivity contribution is 5.16. The first kappa shape index (κ1) is 12.8. The van der Waals surface area contributed by atoms with Crippen molar-refractivity contribution in [2.24, 2.45) is 14.1 Å². The summed E-state index contributed by atoms with van der Waals surface area (Å²) in [7, 11) is 3.92. The van der Waals surface area contributed by atoms with Gasteiger partial charge in [0.2, 0.25) is 0 Å². The average Bonchev–Trinajstić information content (AvgIpc) is 2.91. The molecule has 0 aliphatic heterocycles. The SMILES string of the molecule is CCc1nn(C)cc1CNCCc1cnn(C)c1. The average molecular weight is 247 g/mol. The molecule has 18 heavy (non-hydrogen) atoms. The fourth-order valence-corrected chi connectivity index (χ4v) is 2.09. The number of nitrogens with one attached hydrogen (secondary N) is 1. The number of rotatable bonds is 6. The second kappa shape index (κ2) is 5.82. The zero-order chi connectivity index (χ0) is 13.0. The second-order valence-corrected chi connectivity index (χ2v) is 4.58. The first-order valence-corrected chi connectivity index (χ1v) is 6.38. The van der Waals surface area contributed by atoms with Gasteiger partial charge < -0.3 is 5.32 Å². The van der Waals surface area contributed by atoms with Gasteiger partial charge in [-0.2, -0.15) is 10.2 Å². The Bertz CT molecular complexity index is 497. The molecule has 2 heterocycles. The van der Waals surface area contributed by atoms with E-state index in [1.165, 1.54) is 16.8 Å². The van der Waals surface area contributed by atoms with Gasteiger partial charge in [-0.25, -0.2) is 0 Å². The van der Waals surface area contributed by atoms with Crippen molar-refractivity contribution in [2.75, 3.05) is 6.54 Å². The van der Waals surface area contributed by atoms with Crippen LogP contribution in [0, 0.1) is 0 Å². The van der Waals surface area contributed by atoms with Gasteiger partial charge in [-0.05, 0) is 24.9 Å². The summed E-state index contributed by atoms with van der Waals surface area (Å²) in [6.45, 7) is 3.99. The Hall–Kier alpha value is -1.62. The topological polar surface area (TPSA) is 47.7 Å². The molecule has 0 radical (unpaired) electrons. The van der Waals surface area contributed by atoms with Gasteiger partial charge in [-0.1, -0.05) is 6.92 Å². The lowest BCUT2D eigenvalue weighted by atomic mass is 10.2. The van der Waals surface area contributed by atoms with Crippen LogP contribution >= 0.6 is 0 Å². The Morgan fingerprint density at radius 3 is 2.72 bits per heavy atom. The van der Waals surface area contributed by atoms with Crippen LogP contribution in [0.15, 0.2) is 18.6 Å². The highest BCUT2D eigenvalue weighted by Gasteiger charge is 2.04. The Kier molecular flexibility index (Phi) is 4.15. The lowest BCUT2D eigenvalue weighted by Crippen LogP contribution is -2.17. The second-order valence-electron chi connectivity index (χ2n) is 4.58. The lowest BCUT2D eigenvalue weighted by Gasteiger charge is -2.03. The summed E-state index contributed by atoms with van der Waals surface area (Å²) in [5.41, 5.74) is 3.75. The standard InChI is InChI=1S/C13H21N5/c1-4-13-12(10-18(3)16-13)8-14-6-5-11-7-15-17(2)9-11/h7,9-10,14H,4-6,8H2,1-3H3. The summed E-state index contributed by atoms with van der Waals surface area (Å²) < 4.78 is 3.72. The molecule has 0 amide bonds. The first-order chi connectivity index (χ1) is 8.69. The molecular weight excluding hydrogens is 226 g/mol. The summed E-state index contributed by atoms with van der Waals surface area (Å²) >= 11 is 0. The number of hydrogen-bond donors (Lipinski definition) is 1. The van der Waals surface area contributed by atoms with Gasteiger partial charge in [0.05, 0.1) is 11.9 Å². The van der Waals surface area contributed by atoms with Crippen molar-refractivity contribution >= 4 is 0 Å². The van der Waals surface area contributed by atoms with Gasteiger partial charge in [-0.15, -0.1) is 0 Å².